The second kappa shape index (κ2) is 3.79. The molecule has 0 amide bonds. The number of likely N-dealkylation sites (tertiary alicyclic amines) is 1. The Bertz CT molecular complexity index is 340. The smallest absolute Gasteiger partial charge is 0.119 e. The Morgan fingerprint density at radius 1 is 1.50 bits per heavy atom. The molecule has 3 heteroatoms. The third-order valence-electron chi connectivity index (χ3n) is 2.82. The van der Waals surface area contributed by atoms with Crippen molar-refractivity contribution < 1.29 is 5.11 Å². The Morgan fingerprint density at radius 3 is 2.93 bits per heavy atom. The van der Waals surface area contributed by atoms with Crippen LogP contribution in [0.3, 0.4) is 0 Å². The van der Waals surface area contributed by atoms with Gasteiger partial charge in [0.15, 0.2) is 0 Å². The zero-order valence-corrected chi connectivity index (χ0v) is 8.96. The summed E-state index contributed by atoms with van der Waals surface area (Å²) in [6.07, 6.45) is 1.10. The number of halogens is 1. The zero-order chi connectivity index (χ0) is 10.1. The van der Waals surface area contributed by atoms with E-state index in [-0.39, 0.29) is 0 Å². The van der Waals surface area contributed by atoms with E-state index >= 15 is 0 Å². The van der Waals surface area contributed by atoms with Gasteiger partial charge in [0.25, 0.3) is 0 Å². The summed E-state index contributed by atoms with van der Waals surface area (Å²) in [7, 11) is 2.10. The van der Waals surface area contributed by atoms with Gasteiger partial charge < -0.3 is 10.0 Å². The van der Waals surface area contributed by atoms with Gasteiger partial charge in [-0.3, -0.25) is 0 Å². The van der Waals surface area contributed by atoms with Crippen LogP contribution in [0.25, 0.3) is 0 Å². The first-order valence-electron chi connectivity index (χ1n) is 4.84. The summed E-state index contributed by atoms with van der Waals surface area (Å²) in [6.45, 7) is 2.10. The number of hydrogen-bond acceptors (Lipinski definition) is 2. The zero-order valence-electron chi connectivity index (χ0n) is 8.20. The second-order valence-corrected chi connectivity index (χ2v) is 4.39. The minimum atomic E-state index is 0.370. The Balaban J connectivity index is 2.27. The highest BCUT2D eigenvalue weighted by Gasteiger charge is 2.23. The molecule has 2 rings (SSSR count). The fraction of sp³-hybridized carbons (Fsp3) is 0.455. The number of benzene rings is 1. The first kappa shape index (κ1) is 9.81. The lowest BCUT2D eigenvalue weighted by molar-refractivity contribution is 0.408. The van der Waals surface area contributed by atoms with E-state index in [9.17, 15) is 5.11 Å². The van der Waals surface area contributed by atoms with Crippen LogP contribution in [0.4, 0.5) is 0 Å². The third kappa shape index (κ3) is 1.86. The Morgan fingerprint density at radius 2 is 2.29 bits per heavy atom. The largest absolute Gasteiger partial charge is 0.508 e. The lowest BCUT2D eigenvalue weighted by atomic mass is 9.97. The molecule has 1 fully saturated rings. The molecular formula is C11H14ClNO. The van der Waals surface area contributed by atoms with Gasteiger partial charge in [0, 0.05) is 17.5 Å². The summed E-state index contributed by atoms with van der Waals surface area (Å²) >= 11 is 5.91. The third-order valence-corrected chi connectivity index (χ3v) is 3.06. The van der Waals surface area contributed by atoms with Gasteiger partial charge in [-0.05, 0) is 43.8 Å². The van der Waals surface area contributed by atoms with E-state index in [0.717, 1.165) is 25.1 Å². The Kier molecular flexibility index (Phi) is 2.66. The molecule has 14 heavy (non-hydrogen) atoms. The predicted octanol–water partition coefficient (Wildman–Crippen LogP) is 2.46. The van der Waals surface area contributed by atoms with Crippen molar-refractivity contribution in [3.8, 4) is 5.75 Å². The molecule has 1 aliphatic heterocycles. The highest BCUT2D eigenvalue weighted by molar-refractivity contribution is 6.30. The van der Waals surface area contributed by atoms with Crippen molar-refractivity contribution in [3.05, 3.63) is 28.8 Å². The summed E-state index contributed by atoms with van der Waals surface area (Å²) in [4.78, 5) is 2.27. The van der Waals surface area contributed by atoms with Crippen LogP contribution in [-0.2, 0) is 0 Å². The van der Waals surface area contributed by atoms with Gasteiger partial charge in [-0.25, -0.2) is 0 Å². The minimum absolute atomic E-state index is 0.370. The van der Waals surface area contributed by atoms with Crippen molar-refractivity contribution in [3.63, 3.8) is 0 Å². The number of rotatable bonds is 1. The molecule has 1 heterocycles. The van der Waals surface area contributed by atoms with E-state index in [4.69, 9.17) is 11.6 Å². The molecule has 0 unspecified atom stereocenters. The van der Waals surface area contributed by atoms with E-state index in [0.29, 0.717) is 16.7 Å². The molecule has 1 aromatic rings. The number of nitrogens with zero attached hydrogens (tertiary/aromatic N) is 1. The standard InChI is InChI=1S/C11H14ClNO/c1-13-5-4-8(7-13)10-6-9(12)2-3-11(10)14/h2-3,6,8,14H,4-5,7H2,1H3/t8-/m0/s1. The predicted molar refractivity (Wildman–Crippen MR) is 58.0 cm³/mol. The SMILES string of the molecule is CN1CC[C@H](c2cc(Cl)ccc2O)C1. The fourth-order valence-corrected chi connectivity index (χ4v) is 2.22. The van der Waals surface area contributed by atoms with Crippen LogP contribution >= 0.6 is 11.6 Å². The summed E-state index contributed by atoms with van der Waals surface area (Å²) < 4.78 is 0. The van der Waals surface area contributed by atoms with Crippen molar-refractivity contribution in [2.24, 2.45) is 0 Å². The maximum absolute atomic E-state index is 9.70. The molecule has 0 aliphatic carbocycles. The average molecular weight is 212 g/mol. The number of phenols is 1. The van der Waals surface area contributed by atoms with E-state index in [1.165, 1.54) is 0 Å². The Labute approximate surface area is 89.1 Å². The molecule has 0 bridgehead atoms. The van der Waals surface area contributed by atoms with E-state index in [1.54, 1.807) is 12.1 Å². The Hall–Kier alpha value is -0.730. The number of hydrogen-bond donors (Lipinski definition) is 1. The molecule has 0 saturated carbocycles. The molecule has 2 nitrogen and oxygen atoms in total. The topological polar surface area (TPSA) is 23.5 Å². The lowest BCUT2D eigenvalue weighted by Gasteiger charge is -2.12. The van der Waals surface area contributed by atoms with Crippen LogP contribution in [0.5, 0.6) is 5.75 Å². The van der Waals surface area contributed by atoms with Crippen molar-refractivity contribution in [1.29, 1.82) is 0 Å². The van der Waals surface area contributed by atoms with E-state index in [2.05, 4.69) is 11.9 Å². The molecule has 0 radical (unpaired) electrons. The molecule has 1 saturated heterocycles. The molecular weight excluding hydrogens is 198 g/mol. The fourth-order valence-electron chi connectivity index (χ4n) is 2.04. The van der Waals surface area contributed by atoms with Crippen molar-refractivity contribution >= 4 is 11.6 Å². The van der Waals surface area contributed by atoms with Crippen LogP contribution in [0, 0.1) is 0 Å². The van der Waals surface area contributed by atoms with Crippen LogP contribution in [-0.4, -0.2) is 30.1 Å². The normalized spacial score (nSPS) is 22.9. The number of likely N-dealkylation sites (N-methyl/N-ethyl adjacent to an activating group) is 1. The quantitative estimate of drug-likeness (QED) is 0.772. The first-order chi connectivity index (χ1) is 6.66. The average Bonchev–Trinajstić information content (AvgIpc) is 2.56. The van der Waals surface area contributed by atoms with Gasteiger partial charge in [-0.2, -0.15) is 0 Å². The molecule has 76 valence electrons. The minimum Gasteiger partial charge on any atom is -0.508 e. The number of aromatic hydroxyl groups is 1. The van der Waals surface area contributed by atoms with Crippen molar-refractivity contribution in [2.75, 3.05) is 20.1 Å². The molecule has 0 spiro atoms. The molecule has 1 aliphatic rings. The van der Waals surface area contributed by atoms with E-state index < -0.39 is 0 Å². The van der Waals surface area contributed by atoms with Gasteiger partial charge in [0.1, 0.15) is 5.75 Å². The van der Waals surface area contributed by atoms with Gasteiger partial charge in [-0.15, -0.1) is 0 Å². The molecule has 0 aromatic heterocycles. The first-order valence-corrected chi connectivity index (χ1v) is 5.21. The van der Waals surface area contributed by atoms with Gasteiger partial charge in [0.2, 0.25) is 0 Å². The van der Waals surface area contributed by atoms with Crippen LogP contribution < -0.4 is 0 Å². The maximum Gasteiger partial charge on any atom is 0.119 e. The van der Waals surface area contributed by atoms with Crippen LogP contribution in [0.1, 0.15) is 17.9 Å². The van der Waals surface area contributed by atoms with Gasteiger partial charge in [-0.1, -0.05) is 11.6 Å². The summed E-state index contributed by atoms with van der Waals surface area (Å²) in [5, 5.41) is 10.4. The maximum atomic E-state index is 9.70. The lowest BCUT2D eigenvalue weighted by Crippen LogP contribution is -2.13. The highest BCUT2D eigenvalue weighted by Crippen LogP contribution is 2.33. The van der Waals surface area contributed by atoms with E-state index in [1.807, 2.05) is 6.07 Å². The highest BCUT2D eigenvalue weighted by atomic mass is 35.5. The summed E-state index contributed by atoms with van der Waals surface area (Å²) in [5.41, 5.74) is 0.988. The van der Waals surface area contributed by atoms with Gasteiger partial charge >= 0.3 is 0 Å². The molecule has 1 aromatic carbocycles. The summed E-state index contributed by atoms with van der Waals surface area (Å²) in [6, 6.07) is 5.27. The van der Waals surface area contributed by atoms with Crippen molar-refractivity contribution in [1.82, 2.24) is 4.90 Å². The molecule has 1 N–H and O–H groups in total. The van der Waals surface area contributed by atoms with Crippen LogP contribution in [0.2, 0.25) is 5.02 Å². The van der Waals surface area contributed by atoms with Crippen molar-refractivity contribution in [2.45, 2.75) is 12.3 Å². The number of phenolic OH excluding ortho intramolecular Hbond substituents is 1. The second-order valence-electron chi connectivity index (χ2n) is 3.95. The monoisotopic (exact) mass is 211 g/mol. The van der Waals surface area contributed by atoms with Crippen LogP contribution in [0.15, 0.2) is 18.2 Å². The summed E-state index contributed by atoms with van der Waals surface area (Å²) in [5.74, 6) is 0.799. The molecule has 1 atom stereocenters. The van der Waals surface area contributed by atoms with Gasteiger partial charge in [0.05, 0.1) is 0 Å².